The van der Waals surface area contributed by atoms with Gasteiger partial charge in [0.1, 0.15) is 0 Å². The van der Waals surface area contributed by atoms with Crippen molar-refractivity contribution in [2.75, 3.05) is 0 Å². The predicted octanol–water partition coefficient (Wildman–Crippen LogP) is 16.1. The van der Waals surface area contributed by atoms with Crippen molar-refractivity contribution in [3.8, 4) is 0 Å². The molecule has 0 saturated heterocycles. The van der Waals surface area contributed by atoms with Crippen LogP contribution in [0.4, 0.5) is 0 Å². The van der Waals surface area contributed by atoms with E-state index in [-0.39, 0.29) is 0 Å². The fourth-order valence-electron chi connectivity index (χ4n) is 20.6. The molecule has 11 aliphatic rings. The van der Waals surface area contributed by atoms with Gasteiger partial charge in [-0.1, -0.05) is 109 Å². The van der Waals surface area contributed by atoms with Crippen LogP contribution in [0.3, 0.4) is 0 Å². The third-order valence-electron chi connectivity index (χ3n) is 22.9. The molecule has 11 fully saturated rings. The molecule has 0 radical (unpaired) electrons. The van der Waals surface area contributed by atoms with Gasteiger partial charge in [0, 0.05) is 0 Å². The van der Waals surface area contributed by atoms with Gasteiger partial charge in [0.25, 0.3) is 0 Å². The van der Waals surface area contributed by atoms with E-state index in [4.69, 9.17) is 0 Å². The summed E-state index contributed by atoms with van der Waals surface area (Å²) in [6, 6.07) is 0. The van der Waals surface area contributed by atoms with Crippen molar-refractivity contribution in [1.82, 2.24) is 0 Å². The Labute approximate surface area is 341 Å². The van der Waals surface area contributed by atoms with Crippen molar-refractivity contribution in [2.45, 2.75) is 225 Å². The summed E-state index contributed by atoms with van der Waals surface area (Å²) in [5, 5.41) is 0. The minimum Gasteiger partial charge on any atom is -0.0533 e. The van der Waals surface area contributed by atoms with Gasteiger partial charge < -0.3 is 0 Å². The van der Waals surface area contributed by atoms with Gasteiger partial charge in [0.05, 0.1) is 0 Å². The molecule has 0 bridgehead atoms. The highest BCUT2D eigenvalue weighted by molar-refractivity contribution is 5.08. The van der Waals surface area contributed by atoms with E-state index in [2.05, 4.69) is 0 Å². The Morgan fingerprint density at radius 1 is 0.145 bits per heavy atom. The Balaban J connectivity index is 0.857. The summed E-state index contributed by atoms with van der Waals surface area (Å²) >= 11 is 0. The van der Waals surface area contributed by atoms with Crippen LogP contribution in [0.1, 0.15) is 225 Å². The largest absolute Gasteiger partial charge is 0.0533 e. The zero-order valence-corrected chi connectivity index (χ0v) is 36.3. The van der Waals surface area contributed by atoms with Crippen LogP contribution >= 0.6 is 0 Å². The van der Waals surface area contributed by atoms with Crippen LogP contribution in [0.25, 0.3) is 0 Å². The highest BCUT2D eigenvalue weighted by atomic mass is 14.6. The maximum atomic E-state index is 1.70. The third-order valence-corrected chi connectivity index (χ3v) is 22.9. The van der Waals surface area contributed by atoms with Crippen LogP contribution in [0.5, 0.6) is 0 Å². The lowest BCUT2D eigenvalue weighted by atomic mass is 9.50. The fraction of sp³-hybridized carbons (Fsp3) is 1.00. The first-order valence-electron chi connectivity index (χ1n) is 27.2. The first kappa shape index (κ1) is 38.0. The number of hydrogen-bond donors (Lipinski definition) is 0. The fourth-order valence-corrected chi connectivity index (χ4v) is 20.6. The van der Waals surface area contributed by atoms with Gasteiger partial charge >= 0.3 is 0 Å². The Morgan fingerprint density at radius 2 is 0.491 bits per heavy atom. The van der Waals surface area contributed by atoms with Crippen LogP contribution in [-0.4, -0.2) is 0 Å². The number of fused-ring (bicyclic) bond motifs is 7. The molecular formula is C55H90. The Morgan fingerprint density at radius 3 is 1.13 bits per heavy atom. The Hall–Kier alpha value is 0. The standard InChI is InChI=1S/C55H90/c1-3-11-36(12-4-1)41-22-23-43-31-45(25-24-42(43)30-41)48-32-47(44-21-19-37-13-7-8-17-40(37)29-44)33-49(34-48)52-28-27-50(38-14-5-2-6-15-38)53-35-46-26-20-39-16-9-10-18-51(39)54(46)55(52)53/h36-55H,1-35H2. The third kappa shape index (κ3) is 7.56. The van der Waals surface area contributed by atoms with Crippen LogP contribution < -0.4 is 0 Å². The van der Waals surface area contributed by atoms with Crippen molar-refractivity contribution in [2.24, 2.45) is 118 Å². The molecule has 18 atom stereocenters. The second-order valence-corrected chi connectivity index (χ2v) is 24.8. The molecule has 11 rings (SSSR count). The first-order chi connectivity index (χ1) is 27.2. The summed E-state index contributed by atoms with van der Waals surface area (Å²) < 4.78 is 0. The van der Waals surface area contributed by atoms with Gasteiger partial charge in [-0.15, -0.1) is 0 Å². The van der Waals surface area contributed by atoms with Gasteiger partial charge in [-0.2, -0.15) is 0 Å². The molecular weight excluding hydrogens is 661 g/mol. The van der Waals surface area contributed by atoms with E-state index in [1.807, 2.05) is 0 Å². The second-order valence-electron chi connectivity index (χ2n) is 24.8. The minimum atomic E-state index is 1.10. The quantitative estimate of drug-likeness (QED) is 0.262. The molecule has 0 aliphatic heterocycles. The molecule has 11 saturated carbocycles. The van der Waals surface area contributed by atoms with Gasteiger partial charge in [-0.3, -0.25) is 0 Å². The van der Waals surface area contributed by atoms with Gasteiger partial charge in [0.15, 0.2) is 0 Å². The molecule has 0 amide bonds. The van der Waals surface area contributed by atoms with Crippen LogP contribution in [-0.2, 0) is 0 Å². The topological polar surface area (TPSA) is 0 Å². The molecule has 0 N–H and O–H groups in total. The summed E-state index contributed by atoms with van der Waals surface area (Å²) in [4.78, 5) is 0. The minimum absolute atomic E-state index is 1.10. The summed E-state index contributed by atoms with van der Waals surface area (Å²) in [6.07, 6.45) is 56.7. The van der Waals surface area contributed by atoms with Gasteiger partial charge in [-0.05, 0) is 234 Å². The van der Waals surface area contributed by atoms with E-state index in [1.165, 1.54) is 6.42 Å². The Kier molecular flexibility index (Phi) is 11.6. The monoisotopic (exact) mass is 751 g/mol. The van der Waals surface area contributed by atoms with Crippen LogP contribution in [0.15, 0.2) is 0 Å². The second kappa shape index (κ2) is 16.8. The molecule has 0 aromatic carbocycles. The molecule has 0 aromatic rings. The van der Waals surface area contributed by atoms with Gasteiger partial charge in [0.2, 0.25) is 0 Å². The molecule has 0 nitrogen and oxygen atoms in total. The highest BCUT2D eigenvalue weighted by Crippen LogP contribution is 2.67. The predicted molar refractivity (Wildman–Crippen MR) is 231 cm³/mol. The van der Waals surface area contributed by atoms with E-state index in [9.17, 15) is 0 Å². The van der Waals surface area contributed by atoms with Crippen molar-refractivity contribution in [1.29, 1.82) is 0 Å². The summed E-state index contributed by atoms with van der Waals surface area (Å²) in [7, 11) is 0. The van der Waals surface area contributed by atoms with Crippen LogP contribution in [0, 0.1) is 118 Å². The normalized spacial score (nSPS) is 52.6. The average Bonchev–Trinajstić information content (AvgIpc) is 3.66. The summed E-state index contributed by atoms with van der Waals surface area (Å²) in [5.41, 5.74) is 0. The smallest absolute Gasteiger partial charge is 0.0318 e. The molecule has 0 heteroatoms. The number of rotatable bonds is 5. The van der Waals surface area contributed by atoms with E-state index in [1.54, 1.807) is 218 Å². The zero-order valence-electron chi connectivity index (χ0n) is 36.3. The van der Waals surface area contributed by atoms with E-state index < -0.39 is 0 Å². The van der Waals surface area contributed by atoms with Crippen molar-refractivity contribution in [3.05, 3.63) is 0 Å². The Bertz CT molecular complexity index is 1240. The molecule has 0 spiro atoms. The maximum Gasteiger partial charge on any atom is -0.0318 e. The molecule has 55 heavy (non-hydrogen) atoms. The van der Waals surface area contributed by atoms with E-state index >= 15 is 0 Å². The SMILES string of the molecule is C1CCC(C2CCC3CC(C4CC(C5CCC6CCCCC6C5)CC(C5CCC(C6CCCCC6)C6CC7CCC8CCCCC8C7C56)C4)CCC3C2)CC1. The zero-order chi connectivity index (χ0) is 36.3. The lowest BCUT2D eigenvalue weighted by molar-refractivity contribution is -0.0564. The molecule has 0 aromatic heterocycles. The van der Waals surface area contributed by atoms with Crippen molar-refractivity contribution in [3.63, 3.8) is 0 Å². The molecule has 0 heterocycles. The first-order valence-corrected chi connectivity index (χ1v) is 27.2. The maximum absolute atomic E-state index is 1.70. The molecule has 310 valence electrons. The van der Waals surface area contributed by atoms with Crippen LogP contribution in [0.2, 0.25) is 0 Å². The molecule has 11 aliphatic carbocycles. The molecule has 18 unspecified atom stereocenters. The highest BCUT2D eigenvalue weighted by Gasteiger charge is 2.59. The number of hydrogen-bond acceptors (Lipinski definition) is 0. The summed E-state index contributed by atoms with van der Waals surface area (Å²) in [6.45, 7) is 0. The summed E-state index contributed by atoms with van der Waals surface area (Å²) in [5.74, 6) is 22.5. The van der Waals surface area contributed by atoms with Crippen molar-refractivity contribution >= 4 is 0 Å². The average molecular weight is 751 g/mol. The lowest BCUT2D eigenvalue weighted by Crippen LogP contribution is -2.47. The van der Waals surface area contributed by atoms with Gasteiger partial charge in [-0.25, -0.2) is 0 Å². The lowest BCUT2D eigenvalue weighted by Gasteiger charge is -2.55. The van der Waals surface area contributed by atoms with E-state index in [0.29, 0.717) is 0 Å². The van der Waals surface area contributed by atoms with Crippen molar-refractivity contribution < 1.29 is 0 Å². The van der Waals surface area contributed by atoms with E-state index in [0.717, 1.165) is 118 Å².